The van der Waals surface area contributed by atoms with Gasteiger partial charge in [0, 0.05) is 12.6 Å². The molecule has 114 valence electrons. The Bertz CT molecular complexity index is 421. The Morgan fingerprint density at radius 1 is 1.25 bits per heavy atom. The van der Waals surface area contributed by atoms with Crippen molar-refractivity contribution in [2.75, 3.05) is 13.7 Å². The van der Waals surface area contributed by atoms with E-state index in [4.69, 9.17) is 9.47 Å². The normalized spacial score (nSPS) is 13.1. The quantitative estimate of drug-likeness (QED) is 0.833. The standard InChI is InChI=1S/C14H20F3NO2/c1-4-20-13-7-11(5-6-12(13)19-3)9-18-10(2)8-14(15,16)17/h5-7,10,18H,4,8-9H2,1-3H3. The SMILES string of the molecule is CCOc1cc(CNC(C)CC(F)(F)F)ccc1OC. The minimum Gasteiger partial charge on any atom is -0.493 e. The predicted molar refractivity (Wildman–Crippen MR) is 71.1 cm³/mol. The second-order valence-electron chi connectivity index (χ2n) is 4.52. The van der Waals surface area contributed by atoms with E-state index in [1.807, 2.05) is 6.92 Å². The molecule has 0 fully saturated rings. The second-order valence-corrected chi connectivity index (χ2v) is 4.52. The van der Waals surface area contributed by atoms with E-state index >= 15 is 0 Å². The van der Waals surface area contributed by atoms with E-state index in [0.29, 0.717) is 24.7 Å². The minimum absolute atomic E-state index is 0.349. The molecule has 0 aliphatic carbocycles. The Hall–Kier alpha value is -1.43. The lowest BCUT2D eigenvalue weighted by atomic mass is 10.1. The number of rotatable bonds is 7. The highest BCUT2D eigenvalue weighted by molar-refractivity contribution is 5.42. The molecule has 6 heteroatoms. The molecular formula is C14H20F3NO2. The number of hydrogen-bond donors (Lipinski definition) is 1. The minimum atomic E-state index is -4.15. The van der Waals surface area contributed by atoms with Crippen LogP contribution in [0.15, 0.2) is 18.2 Å². The number of methoxy groups -OCH3 is 1. The summed E-state index contributed by atoms with van der Waals surface area (Å²) in [6.45, 7) is 4.22. The molecule has 0 heterocycles. The van der Waals surface area contributed by atoms with Crippen molar-refractivity contribution in [3.05, 3.63) is 23.8 Å². The van der Waals surface area contributed by atoms with Crippen LogP contribution in [0.2, 0.25) is 0 Å². The fourth-order valence-corrected chi connectivity index (χ4v) is 1.81. The van der Waals surface area contributed by atoms with Crippen LogP contribution < -0.4 is 14.8 Å². The average Bonchev–Trinajstić information content (AvgIpc) is 2.35. The van der Waals surface area contributed by atoms with Gasteiger partial charge in [0.15, 0.2) is 11.5 Å². The smallest absolute Gasteiger partial charge is 0.390 e. The fourth-order valence-electron chi connectivity index (χ4n) is 1.81. The monoisotopic (exact) mass is 291 g/mol. The molecular weight excluding hydrogens is 271 g/mol. The van der Waals surface area contributed by atoms with Gasteiger partial charge in [-0.25, -0.2) is 0 Å². The molecule has 0 aliphatic rings. The van der Waals surface area contributed by atoms with Crippen molar-refractivity contribution in [3.8, 4) is 11.5 Å². The number of benzene rings is 1. The third kappa shape index (κ3) is 5.69. The van der Waals surface area contributed by atoms with Crippen molar-refractivity contribution in [3.63, 3.8) is 0 Å². The number of nitrogens with one attached hydrogen (secondary N) is 1. The zero-order valence-corrected chi connectivity index (χ0v) is 11.9. The summed E-state index contributed by atoms with van der Waals surface area (Å²) in [5, 5.41) is 2.85. The third-order valence-electron chi connectivity index (χ3n) is 2.72. The van der Waals surface area contributed by atoms with Crippen LogP contribution in [0.5, 0.6) is 11.5 Å². The Labute approximate surface area is 117 Å². The fraction of sp³-hybridized carbons (Fsp3) is 0.571. The molecule has 0 aliphatic heterocycles. The predicted octanol–water partition coefficient (Wildman–Crippen LogP) is 3.52. The highest BCUT2D eigenvalue weighted by Crippen LogP contribution is 2.28. The third-order valence-corrected chi connectivity index (χ3v) is 2.72. The molecule has 1 N–H and O–H groups in total. The summed E-state index contributed by atoms with van der Waals surface area (Å²) in [5.41, 5.74) is 0.850. The molecule has 0 aromatic heterocycles. The van der Waals surface area contributed by atoms with Gasteiger partial charge in [0.25, 0.3) is 0 Å². The molecule has 0 bridgehead atoms. The molecule has 1 unspecified atom stereocenters. The van der Waals surface area contributed by atoms with Crippen LogP contribution in [0.25, 0.3) is 0 Å². The summed E-state index contributed by atoms with van der Waals surface area (Å²) in [4.78, 5) is 0. The zero-order chi connectivity index (χ0) is 15.2. The lowest BCUT2D eigenvalue weighted by Crippen LogP contribution is -2.30. The number of halogens is 3. The van der Waals surface area contributed by atoms with Gasteiger partial charge in [-0.05, 0) is 31.5 Å². The van der Waals surface area contributed by atoms with Crippen molar-refractivity contribution in [1.29, 1.82) is 0 Å². The first kappa shape index (κ1) is 16.6. The molecule has 0 spiro atoms. The van der Waals surface area contributed by atoms with Gasteiger partial charge in [0.1, 0.15) is 0 Å². The van der Waals surface area contributed by atoms with Crippen molar-refractivity contribution in [2.45, 2.75) is 39.0 Å². The summed E-state index contributed by atoms with van der Waals surface area (Å²) in [7, 11) is 1.54. The van der Waals surface area contributed by atoms with E-state index in [1.165, 1.54) is 6.92 Å². The van der Waals surface area contributed by atoms with E-state index in [1.54, 1.807) is 25.3 Å². The lowest BCUT2D eigenvalue weighted by molar-refractivity contribution is -0.139. The summed E-state index contributed by atoms with van der Waals surface area (Å²) >= 11 is 0. The van der Waals surface area contributed by atoms with Crippen molar-refractivity contribution >= 4 is 0 Å². The van der Waals surface area contributed by atoms with Gasteiger partial charge in [-0.2, -0.15) is 13.2 Å². The average molecular weight is 291 g/mol. The largest absolute Gasteiger partial charge is 0.493 e. The van der Waals surface area contributed by atoms with Gasteiger partial charge in [0.05, 0.1) is 20.1 Å². The van der Waals surface area contributed by atoms with E-state index < -0.39 is 18.6 Å². The summed E-state index contributed by atoms with van der Waals surface area (Å²) < 4.78 is 47.2. The highest BCUT2D eigenvalue weighted by atomic mass is 19.4. The molecule has 1 rings (SSSR count). The van der Waals surface area contributed by atoms with Crippen LogP contribution in [0.1, 0.15) is 25.8 Å². The van der Waals surface area contributed by atoms with E-state index in [-0.39, 0.29) is 0 Å². The maximum Gasteiger partial charge on any atom is 0.390 e. The number of hydrogen-bond acceptors (Lipinski definition) is 3. The van der Waals surface area contributed by atoms with Crippen LogP contribution in [0.3, 0.4) is 0 Å². The van der Waals surface area contributed by atoms with E-state index in [9.17, 15) is 13.2 Å². The van der Waals surface area contributed by atoms with Crippen molar-refractivity contribution < 1.29 is 22.6 Å². The van der Waals surface area contributed by atoms with Crippen LogP contribution in [-0.4, -0.2) is 25.9 Å². The van der Waals surface area contributed by atoms with Gasteiger partial charge in [-0.1, -0.05) is 6.07 Å². The van der Waals surface area contributed by atoms with E-state index in [2.05, 4.69) is 5.32 Å². The molecule has 0 amide bonds. The number of alkyl halides is 3. The number of ether oxygens (including phenoxy) is 2. The first-order valence-corrected chi connectivity index (χ1v) is 6.45. The summed E-state index contributed by atoms with van der Waals surface area (Å²) in [6.07, 6.45) is -5.00. The molecule has 1 aromatic rings. The Morgan fingerprint density at radius 2 is 1.95 bits per heavy atom. The van der Waals surface area contributed by atoms with Crippen LogP contribution >= 0.6 is 0 Å². The van der Waals surface area contributed by atoms with Crippen LogP contribution in [-0.2, 0) is 6.54 Å². The summed E-state index contributed by atoms with van der Waals surface area (Å²) in [6, 6.07) is 4.69. The topological polar surface area (TPSA) is 30.5 Å². The van der Waals surface area contributed by atoms with Gasteiger partial charge in [0.2, 0.25) is 0 Å². The van der Waals surface area contributed by atoms with Gasteiger partial charge in [-0.15, -0.1) is 0 Å². The molecule has 0 radical (unpaired) electrons. The van der Waals surface area contributed by atoms with Gasteiger partial charge < -0.3 is 14.8 Å². The maximum atomic E-state index is 12.2. The molecule has 0 saturated carbocycles. The second kappa shape index (κ2) is 7.38. The van der Waals surface area contributed by atoms with Crippen molar-refractivity contribution in [2.24, 2.45) is 0 Å². The van der Waals surface area contributed by atoms with Crippen LogP contribution in [0, 0.1) is 0 Å². The van der Waals surface area contributed by atoms with Crippen molar-refractivity contribution in [1.82, 2.24) is 5.32 Å². The molecule has 1 aromatic carbocycles. The highest BCUT2D eigenvalue weighted by Gasteiger charge is 2.29. The van der Waals surface area contributed by atoms with Gasteiger partial charge in [-0.3, -0.25) is 0 Å². The Kier molecular flexibility index (Phi) is 6.13. The molecule has 1 atom stereocenters. The Balaban J connectivity index is 2.62. The molecule has 0 saturated heterocycles. The Morgan fingerprint density at radius 3 is 2.50 bits per heavy atom. The first-order valence-electron chi connectivity index (χ1n) is 6.45. The van der Waals surface area contributed by atoms with Crippen LogP contribution in [0.4, 0.5) is 13.2 Å². The zero-order valence-electron chi connectivity index (χ0n) is 11.9. The first-order chi connectivity index (χ1) is 9.35. The molecule has 20 heavy (non-hydrogen) atoms. The molecule has 3 nitrogen and oxygen atoms in total. The van der Waals surface area contributed by atoms with Gasteiger partial charge >= 0.3 is 6.18 Å². The summed E-state index contributed by atoms with van der Waals surface area (Å²) in [5.74, 6) is 1.21. The maximum absolute atomic E-state index is 12.2. The lowest BCUT2D eigenvalue weighted by Gasteiger charge is -2.16. The van der Waals surface area contributed by atoms with E-state index in [0.717, 1.165) is 5.56 Å².